The van der Waals surface area contributed by atoms with Gasteiger partial charge in [-0.15, -0.1) is 6.58 Å². The molecule has 0 unspecified atom stereocenters. The van der Waals surface area contributed by atoms with E-state index < -0.39 is 11.6 Å². The molecule has 4 nitrogen and oxygen atoms in total. The molecule has 2 aromatic heterocycles. The van der Waals surface area contributed by atoms with E-state index in [2.05, 4.69) is 39.6 Å². The van der Waals surface area contributed by atoms with Crippen LogP contribution in [-0.2, 0) is 6.42 Å². The normalized spacial score (nSPS) is 11.1. The first-order chi connectivity index (χ1) is 13.1. The third-order valence-corrected chi connectivity index (χ3v) is 5.10. The van der Waals surface area contributed by atoms with E-state index in [4.69, 9.17) is 4.74 Å². The zero-order valence-electron chi connectivity index (χ0n) is 14.0. The van der Waals surface area contributed by atoms with Gasteiger partial charge < -0.3 is 4.74 Å². The van der Waals surface area contributed by atoms with E-state index in [0.29, 0.717) is 29.0 Å². The van der Waals surface area contributed by atoms with Crippen LogP contribution in [0.4, 0.5) is 8.78 Å². The average Bonchev–Trinajstić information content (AvgIpc) is 3.30. The summed E-state index contributed by atoms with van der Waals surface area (Å²) in [4.78, 5) is 0. The van der Waals surface area contributed by atoms with Crippen LogP contribution in [0.3, 0.4) is 0 Å². The molecule has 0 radical (unpaired) electrons. The number of nitrogens with zero attached hydrogens (tertiary/aromatic N) is 2. The first-order valence-corrected chi connectivity index (χ1v) is 9.11. The summed E-state index contributed by atoms with van der Waals surface area (Å²) in [5.41, 5.74) is 2.27. The average molecular weight is 477 g/mol. The van der Waals surface area contributed by atoms with Crippen LogP contribution in [-0.4, -0.2) is 13.0 Å². The van der Waals surface area contributed by atoms with Crippen molar-refractivity contribution in [2.24, 2.45) is 0 Å². The van der Waals surface area contributed by atoms with Gasteiger partial charge in [0.2, 0.25) is 0 Å². The maximum atomic E-state index is 14.8. The fourth-order valence-corrected chi connectivity index (χ4v) is 3.58. The lowest BCUT2D eigenvalue weighted by Crippen LogP contribution is -1.97. The minimum atomic E-state index is -0.483. The summed E-state index contributed by atoms with van der Waals surface area (Å²) in [7, 11) is 0. The largest absolute Gasteiger partial charge is 0.454 e. The molecular formula is C20H14F2IN3O. The number of ether oxygens (including phenoxy) is 1. The zero-order chi connectivity index (χ0) is 19.0. The van der Waals surface area contributed by atoms with Gasteiger partial charge in [0.15, 0.2) is 11.6 Å². The second kappa shape index (κ2) is 7.15. The van der Waals surface area contributed by atoms with Crippen LogP contribution in [0.15, 0.2) is 61.4 Å². The number of aromatic amines is 1. The second-order valence-electron chi connectivity index (χ2n) is 5.93. The standard InChI is InChI=1S/C20H14F2IN3O/c1-2-3-14-13-7-9-26(23)19(13)11-17(22)20(14)27-12-4-5-16(21)15(10-12)18-6-8-24-25-18/h2,4-11H,1,3H2,(H,24,25). The van der Waals surface area contributed by atoms with E-state index in [0.717, 1.165) is 10.9 Å². The zero-order valence-corrected chi connectivity index (χ0v) is 16.2. The number of halogens is 3. The molecule has 27 heavy (non-hydrogen) atoms. The van der Waals surface area contributed by atoms with Gasteiger partial charge in [-0.25, -0.2) is 8.78 Å². The molecule has 2 heterocycles. The Morgan fingerprint density at radius 2 is 2.04 bits per heavy atom. The fourth-order valence-electron chi connectivity index (χ4n) is 3.02. The predicted molar refractivity (Wildman–Crippen MR) is 109 cm³/mol. The minimum absolute atomic E-state index is 0.118. The van der Waals surface area contributed by atoms with Gasteiger partial charge in [0.25, 0.3) is 0 Å². The monoisotopic (exact) mass is 477 g/mol. The van der Waals surface area contributed by atoms with Crippen LogP contribution in [0, 0.1) is 11.6 Å². The Morgan fingerprint density at radius 3 is 2.78 bits per heavy atom. The van der Waals surface area contributed by atoms with E-state index in [1.165, 1.54) is 30.5 Å². The van der Waals surface area contributed by atoms with Gasteiger partial charge in [0, 0.05) is 35.0 Å². The number of benzene rings is 2. The molecule has 0 saturated heterocycles. The van der Waals surface area contributed by atoms with Crippen LogP contribution in [0.5, 0.6) is 11.5 Å². The SMILES string of the molecule is C=CCc1c(Oc2ccc(F)c(-c3ccn[nH]3)c2)c(F)cc2c1ccn2I. The number of hydrogen-bond acceptors (Lipinski definition) is 2. The Morgan fingerprint density at radius 1 is 1.19 bits per heavy atom. The molecule has 0 aliphatic carbocycles. The number of allylic oxidation sites excluding steroid dienone is 1. The van der Waals surface area contributed by atoms with Crippen molar-refractivity contribution in [3.05, 3.63) is 78.6 Å². The summed E-state index contributed by atoms with van der Waals surface area (Å²) < 4.78 is 36.7. The molecule has 4 rings (SSSR count). The maximum Gasteiger partial charge on any atom is 0.168 e. The summed E-state index contributed by atoms with van der Waals surface area (Å²) in [6, 6.07) is 9.28. The number of rotatable bonds is 5. The van der Waals surface area contributed by atoms with Gasteiger partial charge in [0.1, 0.15) is 11.6 Å². The number of aromatic nitrogens is 3. The highest BCUT2D eigenvalue weighted by atomic mass is 127. The fraction of sp³-hybridized carbons (Fsp3) is 0.0500. The molecule has 0 spiro atoms. The molecule has 0 bridgehead atoms. The number of hydrogen-bond donors (Lipinski definition) is 1. The van der Waals surface area contributed by atoms with Crippen molar-refractivity contribution >= 4 is 33.8 Å². The molecule has 0 saturated carbocycles. The molecule has 0 aliphatic heterocycles. The van der Waals surface area contributed by atoms with E-state index in [1.807, 2.05) is 15.0 Å². The summed E-state index contributed by atoms with van der Waals surface area (Å²) in [6.07, 6.45) is 5.53. The molecule has 2 aromatic carbocycles. The van der Waals surface area contributed by atoms with E-state index >= 15 is 0 Å². The highest BCUT2D eigenvalue weighted by Gasteiger charge is 2.18. The van der Waals surface area contributed by atoms with Crippen LogP contribution in [0.2, 0.25) is 0 Å². The highest BCUT2D eigenvalue weighted by molar-refractivity contribution is 14.1. The van der Waals surface area contributed by atoms with Crippen LogP contribution in [0.1, 0.15) is 5.56 Å². The van der Waals surface area contributed by atoms with Gasteiger partial charge >= 0.3 is 0 Å². The lowest BCUT2D eigenvalue weighted by atomic mass is 10.0. The molecule has 0 amide bonds. The van der Waals surface area contributed by atoms with Crippen molar-refractivity contribution in [2.75, 3.05) is 0 Å². The van der Waals surface area contributed by atoms with Crippen molar-refractivity contribution in [1.29, 1.82) is 0 Å². The molecule has 0 fully saturated rings. The van der Waals surface area contributed by atoms with E-state index in [9.17, 15) is 8.78 Å². The molecule has 136 valence electrons. The number of fused-ring (bicyclic) bond motifs is 1. The molecule has 1 N–H and O–H groups in total. The van der Waals surface area contributed by atoms with Crippen molar-refractivity contribution < 1.29 is 13.5 Å². The van der Waals surface area contributed by atoms with E-state index in [-0.39, 0.29) is 5.75 Å². The summed E-state index contributed by atoms with van der Waals surface area (Å²) in [6.45, 7) is 3.76. The molecule has 0 atom stereocenters. The van der Waals surface area contributed by atoms with Gasteiger partial charge in [-0.2, -0.15) is 5.10 Å². The molecule has 0 aliphatic rings. The van der Waals surface area contributed by atoms with Gasteiger partial charge in [-0.05, 0) is 36.8 Å². The smallest absolute Gasteiger partial charge is 0.168 e. The Balaban J connectivity index is 1.82. The summed E-state index contributed by atoms with van der Waals surface area (Å²) in [5, 5.41) is 7.44. The Bertz CT molecular complexity index is 1140. The maximum absolute atomic E-state index is 14.8. The first-order valence-electron chi connectivity index (χ1n) is 8.15. The van der Waals surface area contributed by atoms with Crippen molar-refractivity contribution in [2.45, 2.75) is 6.42 Å². The van der Waals surface area contributed by atoms with Crippen molar-refractivity contribution in [1.82, 2.24) is 13.0 Å². The Hall–Kier alpha value is -2.68. The van der Waals surface area contributed by atoms with Gasteiger partial charge in [-0.1, -0.05) is 6.08 Å². The quantitative estimate of drug-likeness (QED) is 0.282. The Kier molecular flexibility index (Phi) is 4.69. The minimum Gasteiger partial charge on any atom is -0.454 e. The second-order valence-corrected chi connectivity index (χ2v) is 6.97. The number of nitrogens with one attached hydrogen (secondary N) is 1. The topological polar surface area (TPSA) is 42.8 Å². The Labute approximate surface area is 168 Å². The van der Waals surface area contributed by atoms with Crippen LogP contribution < -0.4 is 4.74 Å². The lowest BCUT2D eigenvalue weighted by molar-refractivity contribution is 0.438. The highest BCUT2D eigenvalue weighted by Crippen LogP contribution is 2.37. The van der Waals surface area contributed by atoms with Crippen molar-refractivity contribution in [3.8, 4) is 22.8 Å². The molecular weight excluding hydrogens is 463 g/mol. The molecule has 7 heteroatoms. The first kappa shape index (κ1) is 17.7. The predicted octanol–water partition coefficient (Wildman–Crippen LogP) is 6.03. The summed E-state index contributed by atoms with van der Waals surface area (Å²) in [5.74, 6) is -0.454. The third kappa shape index (κ3) is 3.23. The van der Waals surface area contributed by atoms with Gasteiger partial charge in [0.05, 0.1) is 34.1 Å². The van der Waals surface area contributed by atoms with Crippen LogP contribution >= 0.6 is 22.9 Å². The van der Waals surface area contributed by atoms with Crippen LogP contribution in [0.25, 0.3) is 22.2 Å². The summed E-state index contributed by atoms with van der Waals surface area (Å²) >= 11 is 2.10. The third-order valence-electron chi connectivity index (χ3n) is 4.25. The lowest BCUT2D eigenvalue weighted by Gasteiger charge is -2.14. The van der Waals surface area contributed by atoms with Gasteiger partial charge in [-0.3, -0.25) is 7.88 Å². The number of H-pyrrole nitrogens is 1. The van der Waals surface area contributed by atoms with E-state index in [1.54, 1.807) is 12.1 Å². The molecule has 4 aromatic rings. The van der Waals surface area contributed by atoms with Crippen molar-refractivity contribution in [3.63, 3.8) is 0 Å².